The molecule has 3 N–H and O–H groups in total. The van der Waals surface area contributed by atoms with Crippen LogP contribution in [0.15, 0.2) is 48.5 Å². The molecule has 4 nitrogen and oxygen atoms in total. The quantitative estimate of drug-likeness (QED) is 0.487. The van der Waals surface area contributed by atoms with Crippen molar-refractivity contribution in [3.8, 4) is 11.5 Å². The minimum Gasteiger partial charge on any atom is -0.508 e. The van der Waals surface area contributed by atoms with Crippen LogP contribution in [0.3, 0.4) is 0 Å². The smallest absolute Gasteiger partial charge is 0.115 e. The van der Waals surface area contributed by atoms with Gasteiger partial charge in [0.05, 0.1) is 0 Å². The molecule has 1 aliphatic heterocycles. The number of hydrogen-bond donors (Lipinski definition) is 3. The fourth-order valence-electron chi connectivity index (χ4n) is 4.93. The van der Waals surface area contributed by atoms with Crippen molar-refractivity contribution in [3.63, 3.8) is 0 Å². The molecule has 0 saturated carbocycles. The summed E-state index contributed by atoms with van der Waals surface area (Å²) in [6, 6.07) is 16.4. The van der Waals surface area contributed by atoms with Crippen LogP contribution in [0.5, 0.6) is 11.5 Å². The number of nitrogens with one attached hydrogen (secondary N) is 1. The largest absolute Gasteiger partial charge is 0.508 e. The fourth-order valence-corrected chi connectivity index (χ4v) is 4.93. The van der Waals surface area contributed by atoms with E-state index >= 15 is 0 Å². The number of likely N-dealkylation sites (tertiary alicyclic amines) is 1. The lowest BCUT2D eigenvalue weighted by atomic mass is 9.77. The number of hydrogen-bond acceptors (Lipinski definition) is 4. The normalized spacial score (nSPS) is 23.2. The Balaban J connectivity index is 1.50. The Morgan fingerprint density at radius 3 is 2.45 bits per heavy atom. The third kappa shape index (κ3) is 6.47. The Hall–Kier alpha value is -2.04. The molecule has 1 fully saturated rings. The Bertz CT molecular complexity index is 805. The van der Waals surface area contributed by atoms with Gasteiger partial charge in [0.15, 0.2) is 0 Å². The van der Waals surface area contributed by atoms with Gasteiger partial charge in [-0.05, 0) is 92.4 Å². The first-order valence-electron chi connectivity index (χ1n) is 11.9. The minimum atomic E-state index is 0.331. The van der Waals surface area contributed by atoms with E-state index in [4.69, 9.17) is 0 Å². The summed E-state index contributed by atoms with van der Waals surface area (Å²) in [4.78, 5) is 2.65. The third-order valence-electron chi connectivity index (χ3n) is 7.22. The maximum absolute atomic E-state index is 9.89. The number of rotatable bonds is 9. The number of piperidine rings is 1. The zero-order valence-corrected chi connectivity index (χ0v) is 19.6. The van der Waals surface area contributed by atoms with Crippen LogP contribution in [0, 0.1) is 11.8 Å². The minimum absolute atomic E-state index is 0.331. The third-order valence-corrected chi connectivity index (χ3v) is 7.22. The number of aryl methyl sites for hydroxylation is 1. The van der Waals surface area contributed by atoms with Gasteiger partial charge in [-0.1, -0.05) is 45.0 Å². The Morgan fingerprint density at radius 2 is 1.77 bits per heavy atom. The van der Waals surface area contributed by atoms with Gasteiger partial charge in [-0.15, -0.1) is 0 Å². The van der Waals surface area contributed by atoms with E-state index in [1.54, 1.807) is 18.2 Å². The molecular weight excluding hydrogens is 384 g/mol. The molecule has 1 heterocycles. The highest BCUT2D eigenvalue weighted by Gasteiger charge is 2.34. The molecule has 2 aromatic rings. The summed E-state index contributed by atoms with van der Waals surface area (Å²) in [5, 5.41) is 23.1. The van der Waals surface area contributed by atoms with Gasteiger partial charge in [-0.25, -0.2) is 0 Å². The highest BCUT2D eigenvalue weighted by molar-refractivity contribution is 5.30. The van der Waals surface area contributed by atoms with E-state index in [1.165, 1.54) is 11.1 Å². The summed E-state index contributed by atoms with van der Waals surface area (Å²) in [5.74, 6) is 2.35. The van der Waals surface area contributed by atoms with Gasteiger partial charge >= 0.3 is 0 Å². The molecule has 1 aliphatic rings. The van der Waals surface area contributed by atoms with E-state index in [1.807, 2.05) is 24.3 Å². The number of phenolic OH excluding ortho intramolecular Hbond substituents is 2. The maximum atomic E-state index is 9.89. The van der Waals surface area contributed by atoms with Crippen molar-refractivity contribution >= 4 is 0 Å². The van der Waals surface area contributed by atoms with Gasteiger partial charge in [0.2, 0.25) is 0 Å². The van der Waals surface area contributed by atoms with Crippen LogP contribution in [0.4, 0.5) is 0 Å². The van der Waals surface area contributed by atoms with Crippen molar-refractivity contribution in [1.29, 1.82) is 0 Å². The second-order valence-corrected chi connectivity index (χ2v) is 9.66. The van der Waals surface area contributed by atoms with Crippen molar-refractivity contribution in [2.24, 2.45) is 11.8 Å². The zero-order chi connectivity index (χ0) is 22.4. The number of aromatic hydroxyl groups is 2. The SMILES string of the molecule is CC(C)[C@@H](CN1CC[C@@H](c2cccc(O)c2)[C@@H](C)C1C)NCCCc1ccc(O)cc1. The summed E-state index contributed by atoms with van der Waals surface area (Å²) in [7, 11) is 0. The maximum Gasteiger partial charge on any atom is 0.115 e. The molecule has 3 rings (SSSR count). The van der Waals surface area contributed by atoms with Gasteiger partial charge in [-0.2, -0.15) is 0 Å². The molecule has 170 valence electrons. The first kappa shape index (κ1) is 23.6. The van der Waals surface area contributed by atoms with E-state index < -0.39 is 0 Å². The van der Waals surface area contributed by atoms with E-state index in [9.17, 15) is 10.2 Å². The average molecular weight is 425 g/mol. The molecule has 4 heteroatoms. The second-order valence-electron chi connectivity index (χ2n) is 9.66. The molecule has 1 saturated heterocycles. The van der Waals surface area contributed by atoms with Crippen molar-refractivity contribution < 1.29 is 10.2 Å². The number of nitrogens with zero attached hydrogens (tertiary/aromatic N) is 1. The molecule has 1 unspecified atom stereocenters. The Labute approximate surface area is 188 Å². The molecule has 0 bridgehead atoms. The van der Waals surface area contributed by atoms with E-state index in [0.717, 1.165) is 38.9 Å². The molecular formula is C27H40N2O2. The number of benzene rings is 2. The summed E-state index contributed by atoms with van der Waals surface area (Å²) in [5.41, 5.74) is 2.55. The van der Waals surface area contributed by atoms with Crippen LogP contribution >= 0.6 is 0 Å². The summed E-state index contributed by atoms with van der Waals surface area (Å²) >= 11 is 0. The van der Waals surface area contributed by atoms with Gasteiger partial charge in [0, 0.05) is 18.6 Å². The molecule has 0 radical (unpaired) electrons. The Kier molecular flexibility index (Phi) is 8.39. The predicted octanol–water partition coefficient (Wildman–Crippen LogP) is 5.16. The topological polar surface area (TPSA) is 55.7 Å². The van der Waals surface area contributed by atoms with Crippen LogP contribution < -0.4 is 5.32 Å². The average Bonchev–Trinajstić information content (AvgIpc) is 2.74. The lowest BCUT2D eigenvalue weighted by Crippen LogP contribution is -2.52. The van der Waals surface area contributed by atoms with Gasteiger partial charge in [-0.3, -0.25) is 4.90 Å². The van der Waals surface area contributed by atoms with Crippen LogP contribution in [0.2, 0.25) is 0 Å². The van der Waals surface area contributed by atoms with Gasteiger partial charge in [0.1, 0.15) is 11.5 Å². The zero-order valence-electron chi connectivity index (χ0n) is 19.6. The van der Waals surface area contributed by atoms with Crippen LogP contribution in [-0.2, 0) is 6.42 Å². The van der Waals surface area contributed by atoms with Gasteiger partial charge < -0.3 is 15.5 Å². The molecule has 2 aromatic carbocycles. The summed E-state index contributed by atoms with van der Waals surface area (Å²) in [6.45, 7) is 12.5. The molecule has 4 atom stereocenters. The first-order chi connectivity index (χ1) is 14.8. The highest BCUT2D eigenvalue weighted by Crippen LogP contribution is 2.37. The van der Waals surface area contributed by atoms with Crippen molar-refractivity contribution in [3.05, 3.63) is 59.7 Å². The predicted molar refractivity (Wildman–Crippen MR) is 129 cm³/mol. The van der Waals surface area contributed by atoms with Gasteiger partial charge in [0.25, 0.3) is 0 Å². The van der Waals surface area contributed by atoms with Crippen molar-refractivity contribution in [2.75, 3.05) is 19.6 Å². The van der Waals surface area contributed by atoms with E-state index in [-0.39, 0.29) is 0 Å². The van der Waals surface area contributed by atoms with E-state index in [2.05, 4.69) is 44.0 Å². The lowest BCUT2D eigenvalue weighted by Gasteiger charge is -2.45. The van der Waals surface area contributed by atoms with Crippen molar-refractivity contribution in [1.82, 2.24) is 10.2 Å². The second kappa shape index (κ2) is 11.0. The van der Waals surface area contributed by atoms with Crippen molar-refractivity contribution in [2.45, 2.75) is 65.0 Å². The monoisotopic (exact) mass is 424 g/mol. The lowest BCUT2D eigenvalue weighted by molar-refractivity contribution is 0.0793. The number of phenols is 2. The van der Waals surface area contributed by atoms with Crippen LogP contribution in [-0.4, -0.2) is 46.8 Å². The van der Waals surface area contributed by atoms with E-state index in [0.29, 0.717) is 41.3 Å². The molecule has 0 aliphatic carbocycles. The molecule has 31 heavy (non-hydrogen) atoms. The summed E-state index contributed by atoms with van der Waals surface area (Å²) < 4.78 is 0. The molecule has 0 spiro atoms. The van der Waals surface area contributed by atoms with Crippen LogP contribution in [0.25, 0.3) is 0 Å². The van der Waals surface area contributed by atoms with Crippen LogP contribution in [0.1, 0.15) is 57.6 Å². The standard InChI is InChI=1S/C27H40N2O2/c1-19(2)27(28-15-6-7-22-10-12-24(30)13-11-22)18-29-16-14-26(20(3)21(29)4)23-8-5-9-25(31)17-23/h5,8-13,17,19-21,26-28,30-31H,6-7,14-16,18H2,1-4H3/t20-,21?,26+,27+/m0/s1. The fraction of sp³-hybridized carbons (Fsp3) is 0.556. The first-order valence-corrected chi connectivity index (χ1v) is 11.9. The highest BCUT2D eigenvalue weighted by atomic mass is 16.3. The molecule has 0 amide bonds. The molecule has 0 aromatic heterocycles. The summed E-state index contributed by atoms with van der Waals surface area (Å²) in [6.07, 6.45) is 3.26. The Morgan fingerprint density at radius 1 is 1.03 bits per heavy atom.